The summed E-state index contributed by atoms with van der Waals surface area (Å²) in [6, 6.07) is 10.9. The summed E-state index contributed by atoms with van der Waals surface area (Å²) in [7, 11) is 0. The molecule has 0 aromatic heterocycles. The molecule has 0 saturated heterocycles. The van der Waals surface area contributed by atoms with Crippen molar-refractivity contribution in [2.75, 3.05) is 13.1 Å². The molecule has 0 amide bonds. The van der Waals surface area contributed by atoms with Gasteiger partial charge in [-0.15, -0.1) is 0 Å². The second-order valence-corrected chi connectivity index (χ2v) is 5.60. The van der Waals surface area contributed by atoms with Crippen molar-refractivity contribution in [1.82, 2.24) is 4.90 Å². The Balaban J connectivity index is 2.13. The second kappa shape index (κ2) is 5.66. The fourth-order valence-corrected chi connectivity index (χ4v) is 2.56. The van der Waals surface area contributed by atoms with Crippen LogP contribution in [0.5, 0.6) is 0 Å². The van der Waals surface area contributed by atoms with E-state index in [4.69, 9.17) is 0 Å². The highest BCUT2D eigenvalue weighted by Crippen LogP contribution is 2.31. The van der Waals surface area contributed by atoms with Crippen molar-refractivity contribution < 1.29 is 4.79 Å². The van der Waals surface area contributed by atoms with Crippen molar-refractivity contribution in [2.24, 2.45) is 0 Å². The summed E-state index contributed by atoms with van der Waals surface area (Å²) in [6.45, 7) is 6.20. The minimum atomic E-state index is -0.376. The third kappa shape index (κ3) is 2.99. The zero-order valence-corrected chi connectivity index (χ0v) is 11.4. The molecule has 1 aromatic carbocycles. The van der Waals surface area contributed by atoms with Crippen LogP contribution >= 0.6 is 0 Å². The number of hydrogen-bond acceptors (Lipinski definition) is 2. The van der Waals surface area contributed by atoms with Crippen molar-refractivity contribution in [3.05, 3.63) is 35.9 Å². The van der Waals surface area contributed by atoms with Crippen molar-refractivity contribution in [2.45, 2.75) is 44.6 Å². The largest absolute Gasteiger partial charge is 0.302 e. The average molecular weight is 245 g/mol. The van der Waals surface area contributed by atoms with Gasteiger partial charge in [-0.2, -0.15) is 0 Å². The van der Waals surface area contributed by atoms with Crippen LogP contribution in [-0.4, -0.2) is 30.3 Å². The molecule has 1 saturated carbocycles. The number of nitrogens with zero attached hydrogens (tertiary/aromatic N) is 1. The molecule has 0 spiro atoms. The van der Waals surface area contributed by atoms with Crippen LogP contribution in [0.4, 0.5) is 0 Å². The Morgan fingerprint density at radius 1 is 1.33 bits per heavy atom. The van der Waals surface area contributed by atoms with Gasteiger partial charge < -0.3 is 4.79 Å². The summed E-state index contributed by atoms with van der Waals surface area (Å²) >= 11 is 0. The van der Waals surface area contributed by atoms with E-state index in [1.165, 1.54) is 12.8 Å². The molecule has 0 radical (unpaired) electrons. The maximum atomic E-state index is 11.6. The number of rotatable bonds is 7. The van der Waals surface area contributed by atoms with Crippen molar-refractivity contribution >= 4 is 6.29 Å². The van der Waals surface area contributed by atoms with Crippen LogP contribution < -0.4 is 0 Å². The molecule has 98 valence electrons. The first-order chi connectivity index (χ1) is 8.69. The highest BCUT2D eigenvalue weighted by Gasteiger charge is 2.35. The van der Waals surface area contributed by atoms with Gasteiger partial charge in [0.15, 0.2) is 0 Å². The summed E-state index contributed by atoms with van der Waals surface area (Å²) in [5, 5.41) is 0. The molecule has 1 unspecified atom stereocenters. The number of carbonyl (C=O) groups excluding carboxylic acids is 1. The molecule has 1 aliphatic carbocycles. The van der Waals surface area contributed by atoms with Gasteiger partial charge in [0.05, 0.1) is 5.41 Å². The molecule has 0 bridgehead atoms. The first-order valence-electron chi connectivity index (χ1n) is 6.95. The maximum absolute atomic E-state index is 11.6. The Labute approximate surface area is 110 Å². The Kier molecular flexibility index (Phi) is 4.18. The molecule has 1 aliphatic rings. The van der Waals surface area contributed by atoms with Crippen LogP contribution in [-0.2, 0) is 10.2 Å². The Bertz CT molecular complexity index is 385. The molecule has 18 heavy (non-hydrogen) atoms. The Hall–Kier alpha value is -1.15. The van der Waals surface area contributed by atoms with E-state index in [0.717, 1.165) is 31.4 Å². The van der Waals surface area contributed by atoms with Crippen LogP contribution in [0.1, 0.15) is 38.7 Å². The van der Waals surface area contributed by atoms with Crippen LogP contribution in [0.15, 0.2) is 30.3 Å². The van der Waals surface area contributed by atoms with E-state index in [1.54, 1.807) is 0 Å². The van der Waals surface area contributed by atoms with Gasteiger partial charge in [0.2, 0.25) is 0 Å². The van der Waals surface area contributed by atoms with Crippen molar-refractivity contribution in [1.29, 1.82) is 0 Å². The first kappa shape index (κ1) is 13.3. The molecule has 0 aliphatic heterocycles. The summed E-state index contributed by atoms with van der Waals surface area (Å²) in [5.74, 6) is 0. The predicted molar refractivity (Wildman–Crippen MR) is 74.7 cm³/mol. The minimum Gasteiger partial charge on any atom is -0.302 e. The number of aldehydes is 1. The fraction of sp³-hybridized carbons (Fsp3) is 0.562. The zero-order chi connectivity index (χ0) is 13.0. The van der Waals surface area contributed by atoms with E-state index in [9.17, 15) is 4.79 Å². The summed E-state index contributed by atoms with van der Waals surface area (Å²) in [5.41, 5.74) is 0.751. The lowest BCUT2D eigenvalue weighted by Crippen LogP contribution is -2.41. The monoisotopic (exact) mass is 245 g/mol. The normalized spacial score (nSPS) is 18.6. The Morgan fingerprint density at radius 2 is 2.00 bits per heavy atom. The van der Waals surface area contributed by atoms with Gasteiger partial charge in [0, 0.05) is 12.6 Å². The maximum Gasteiger partial charge on any atom is 0.131 e. The van der Waals surface area contributed by atoms with Gasteiger partial charge >= 0.3 is 0 Å². The zero-order valence-electron chi connectivity index (χ0n) is 11.4. The number of benzene rings is 1. The molecule has 1 aromatic rings. The van der Waals surface area contributed by atoms with Crippen molar-refractivity contribution in [3.8, 4) is 0 Å². The molecule has 0 heterocycles. The molecular weight excluding hydrogens is 222 g/mol. The molecule has 2 heteroatoms. The Morgan fingerprint density at radius 3 is 2.50 bits per heavy atom. The lowest BCUT2D eigenvalue weighted by atomic mass is 9.83. The minimum absolute atomic E-state index is 0.376. The van der Waals surface area contributed by atoms with Gasteiger partial charge in [-0.05, 0) is 38.3 Å². The summed E-state index contributed by atoms with van der Waals surface area (Å²) < 4.78 is 0. The molecule has 1 fully saturated rings. The molecule has 2 nitrogen and oxygen atoms in total. The second-order valence-electron chi connectivity index (χ2n) is 5.60. The molecule has 2 rings (SSSR count). The quantitative estimate of drug-likeness (QED) is 0.688. The SMILES string of the molecule is CCCN(CC(C)(C=O)c1ccccc1)C1CC1. The van der Waals surface area contributed by atoms with E-state index in [2.05, 4.69) is 30.9 Å². The average Bonchev–Trinajstić information content (AvgIpc) is 3.23. The predicted octanol–water partition coefficient (Wildman–Crippen LogP) is 3.02. The fourth-order valence-electron chi connectivity index (χ4n) is 2.56. The van der Waals surface area contributed by atoms with Gasteiger partial charge in [-0.1, -0.05) is 37.3 Å². The van der Waals surface area contributed by atoms with Gasteiger partial charge in [0.25, 0.3) is 0 Å². The molecule has 1 atom stereocenters. The molecular formula is C16H23NO. The van der Waals surface area contributed by atoms with E-state index in [1.807, 2.05) is 18.2 Å². The van der Waals surface area contributed by atoms with Crippen molar-refractivity contribution in [3.63, 3.8) is 0 Å². The summed E-state index contributed by atoms with van der Waals surface area (Å²) in [6.07, 6.45) is 4.86. The highest BCUT2D eigenvalue weighted by atomic mass is 16.1. The van der Waals surface area contributed by atoms with E-state index in [-0.39, 0.29) is 5.41 Å². The number of hydrogen-bond donors (Lipinski definition) is 0. The lowest BCUT2D eigenvalue weighted by Gasteiger charge is -2.32. The highest BCUT2D eigenvalue weighted by molar-refractivity contribution is 5.68. The topological polar surface area (TPSA) is 20.3 Å². The van der Waals surface area contributed by atoms with Gasteiger partial charge in [-0.3, -0.25) is 4.90 Å². The third-order valence-electron chi connectivity index (χ3n) is 3.80. The molecule has 0 N–H and O–H groups in total. The smallest absolute Gasteiger partial charge is 0.131 e. The standard InChI is InChI=1S/C16H23NO/c1-3-11-17(15-9-10-15)12-16(2,13-18)14-7-5-4-6-8-14/h4-8,13,15H,3,9-12H2,1-2H3. The lowest BCUT2D eigenvalue weighted by molar-refractivity contribution is -0.112. The van der Waals surface area contributed by atoms with Crippen LogP contribution in [0.3, 0.4) is 0 Å². The van der Waals surface area contributed by atoms with E-state index in [0.29, 0.717) is 6.04 Å². The van der Waals surface area contributed by atoms with Crippen LogP contribution in [0, 0.1) is 0 Å². The van der Waals surface area contributed by atoms with E-state index >= 15 is 0 Å². The van der Waals surface area contributed by atoms with Gasteiger partial charge in [-0.25, -0.2) is 0 Å². The van der Waals surface area contributed by atoms with Crippen LogP contribution in [0.2, 0.25) is 0 Å². The first-order valence-corrected chi connectivity index (χ1v) is 6.95. The summed E-state index contributed by atoms with van der Waals surface area (Å²) in [4.78, 5) is 14.1. The van der Waals surface area contributed by atoms with Crippen LogP contribution in [0.25, 0.3) is 0 Å². The third-order valence-corrected chi connectivity index (χ3v) is 3.80. The number of carbonyl (C=O) groups is 1. The van der Waals surface area contributed by atoms with E-state index < -0.39 is 0 Å². The van der Waals surface area contributed by atoms with Gasteiger partial charge in [0.1, 0.15) is 6.29 Å².